The smallest absolute Gasteiger partial charge is 0.181 e. The van der Waals surface area contributed by atoms with Gasteiger partial charge in [-0.05, 0) is 19.8 Å². The zero-order chi connectivity index (χ0) is 11.0. The predicted octanol–water partition coefficient (Wildman–Crippen LogP) is 1.69. The van der Waals surface area contributed by atoms with Crippen LogP contribution in [0.25, 0.3) is 0 Å². The molecule has 4 heteroatoms. The van der Waals surface area contributed by atoms with Crippen LogP contribution in [0, 0.1) is 5.92 Å². The van der Waals surface area contributed by atoms with E-state index >= 15 is 0 Å². The Morgan fingerprint density at radius 3 is 2.60 bits per heavy atom. The summed E-state index contributed by atoms with van der Waals surface area (Å²) in [6, 6.07) is 0. The van der Waals surface area contributed by atoms with Gasteiger partial charge in [0.25, 0.3) is 0 Å². The Kier molecular flexibility index (Phi) is 2.80. The van der Waals surface area contributed by atoms with Gasteiger partial charge in [0.05, 0.1) is 24.7 Å². The van der Waals surface area contributed by atoms with Crippen molar-refractivity contribution in [2.45, 2.75) is 45.5 Å². The Balaban J connectivity index is 2.30. The zero-order valence-corrected chi connectivity index (χ0v) is 9.30. The number of nitrogens with zero attached hydrogens (tertiary/aromatic N) is 1. The summed E-state index contributed by atoms with van der Waals surface area (Å²) in [5.41, 5.74) is 0.636. The van der Waals surface area contributed by atoms with Gasteiger partial charge >= 0.3 is 0 Å². The monoisotopic (exact) mass is 211 g/mol. The van der Waals surface area contributed by atoms with Crippen LogP contribution in [0.4, 0.5) is 0 Å². The minimum Gasteiger partial charge on any atom is -0.448 e. The molecule has 1 aromatic rings. The summed E-state index contributed by atoms with van der Waals surface area (Å²) in [5, 5.41) is 9.14. The highest BCUT2D eigenvalue weighted by Gasteiger charge is 2.41. The molecule has 0 bridgehead atoms. The average Bonchev–Trinajstić information content (AvgIpc) is 2.73. The molecule has 1 aliphatic rings. The molecule has 1 fully saturated rings. The molecule has 4 unspecified atom stereocenters. The zero-order valence-electron chi connectivity index (χ0n) is 9.30. The third kappa shape index (κ3) is 1.68. The summed E-state index contributed by atoms with van der Waals surface area (Å²) in [5.74, 6) is 1.37. The minimum absolute atomic E-state index is 0.0733. The maximum absolute atomic E-state index is 9.14. The fourth-order valence-electron chi connectivity index (χ4n) is 2.39. The van der Waals surface area contributed by atoms with Crippen molar-refractivity contribution in [2.24, 2.45) is 5.92 Å². The SMILES string of the molecule is CC1OC(C)C(c2ocnc2CO)C1C. The molecule has 1 saturated heterocycles. The van der Waals surface area contributed by atoms with E-state index in [2.05, 4.69) is 18.8 Å². The van der Waals surface area contributed by atoms with Crippen molar-refractivity contribution in [3.8, 4) is 0 Å². The topological polar surface area (TPSA) is 55.5 Å². The van der Waals surface area contributed by atoms with Gasteiger partial charge in [-0.15, -0.1) is 0 Å². The van der Waals surface area contributed by atoms with Gasteiger partial charge in [-0.25, -0.2) is 4.98 Å². The number of oxazole rings is 1. The van der Waals surface area contributed by atoms with Crippen LogP contribution in [0.2, 0.25) is 0 Å². The van der Waals surface area contributed by atoms with Gasteiger partial charge in [0.15, 0.2) is 6.39 Å². The molecule has 0 radical (unpaired) electrons. The van der Waals surface area contributed by atoms with Gasteiger partial charge in [-0.2, -0.15) is 0 Å². The van der Waals surface area contributed by atoms with E-state index in [0.29, 0.717) is 11.6 Å². The van der Waals surface area contributed by atoms with E-state index in [1.54, 1.807) is 0 Å². The third-order valence-corrected chi connectivity index (χ3v) is 3.37. The lowest BCUT2D eigenvalue weighted by Crippen LogP contribution is -2.16. The minimum atomic E-state index is -0.0733. The largest absolute Gasteiger partial charge is 0.448 e. The summed E-state index contributed by atoms with van der Waals surface area (Å²) in [4.78, 5) is 4.00. The van der Waals surface area contributed by atoms with Crippen LogP contribution in [-0.4, -0.2) is 22.3 Å². The molecule has 0 spiro atoms. The molecular weight excluding hydrogens is 194 g/mol. The molecule has 0 aliphatic carbocycles. The molecule has 84 valence electrons. The second-order valence-electron chi connectivity index (χ2n) is 4.25. The van der Waals surface area contributed by atoms with Gasteiger partial charge in [0.1, 0.15) is 11.5 Å². The normalized spacial score (nSPS) is 36.0. The second kappa shape index (κ2) is 3.94. The predicted molar refractivity (Wildman–Crippen MR) is 54.3 cm³/mol. The van der Waals surface area contributed by atoms with Crippen molar-refractivity contribution in [3.05, 3.63) is 17.8 Å². The van der Waals surface area contributed by atoms with Crippen LogP contribution in [0.5, 0.6) is 0 Å². The van der Waals surface area contributed by atoms with Crippen LogP contribution >= 0.6 is 0 Å². The molecule has 0 amide bonds. The van der Waals surface area contributed by atoms with E-state index in [4.69, 9.17) is 14.3 Å². The number of ether oxygens (including phenoxy) is 1. The number of hydrogen-bond acceptors (Lipinski definition) is 4. The Hall–Kier alpha value is -0.870. The van der Waals surface area contributed by atoms with Crippen LogP contribution in [0.1, 0.15) is 38.1 Å². The quantitative estimate of drug-likeness (QED) is 0.808. The highest BCUT2D eigenvalue weighted by molar-refractivity contribution is 5.16. The Labute approximate surface area is 89.3 Å². The first-order valence-electron chi connectivity index (χ1n) is 5.33. The van der Waals surface area contributed by atoms with Crippen LogP contribution in [0.15, 0.2) is 10.8 Å². The molecular formula is C11H17NO3. The van der Waals surface area contributed by atoms with Crippen molar-refractivity contribution in [2.75, 3.05) is 0 Å². The number of aromatic nitrogens is 1. The highest BCUT2D eigenvalue weighted by Crippen LogP contribution is 2.40. The number of aliphatic hydroxyl groups excluding tert-OH is 1. The summed E-state index contributed by atoms with van der Waals surface area (Å²) in [7, 11) is 0. The molecule has 1 N–H and O–H groups in total. The van der Waals surface area contributed by atoms with Crippen molar-refractivity contribution < 1.29 is 14.3 Å². The van der Waals surface area contributed by atoms with E-state index in [1.807, 2.05) is 6.92 Å². The van der Waals surface area contributed by atoms with E-state index in [1.165, 1.54) is 6.39 Å². The van der Waals surface area contributed by atoms with Gasteiger partial charge < -0.3 is 14.3 Å². The summed E-state index contributed by atoms with van der Waals surface area (Å²) >= 11 is 0. The first-order chi connectivity index (χ1) is 7.15. The van der Waals surface area contributed by atoms with Gasteiger partial charge in [-0.1, -0.05) is 6.92 Å². The van der Waals surface area contributed by atoms with Crippen LogP contribution in [0.3, 0.4) is 0 Å². The fraction of sp³-hybridized carbons (Fsp3) is 0.727. The molecule has 2 rings (SSSR count). The van der Waals surface area contributed by atoms with E-state index < -0.39 is 0 Å². The van der Waals surface area contributed by atoms with Gasteiger partial charge in [-0.3, -0.25) is 0 Å². The number of hydrogen-bond donors (Lipinski definition) is 1. The van der Waals surface area contributed by atoms with Gasteiger partial charge in [0, 0.05) is 0 Å². The summed E-state index contributed by atoms with van der Waals surface area (Å²) < 4.78 is 11.1. The Morgan fingerprint density at radius 2 is 2.07 bits per heavy atom. The van der Waals surface area contributed by atoms with Crippen molar-refractivity contribution in [3.63, 3.8) is 0 Å². The fourth-order valence-corrected chi connectivity index (χ4v) is 2.39. The van der Waals surface area contributed by atoms with Crippen LogP contribution in [-0.2, 0) is 11.3 Å². The lowest BCUT2D eigenvalue weighted by molar-refractivity contribution is 0.0546. The lowest BCUT2D eigenvalue weighted by Gasteiger charge is -2.16. The van der Waals surface area contributed by atoms with Crippen molar-refractivity contribution in [1.82, 2.24) is 4.98 Å². The maximum atomic E-state index is 9.14. The molecule has 1 aromatic heterocycles. The van der Waals surface area contributed by atoms with E-state index in [9.17, 15) is 0 Å². The molecule has 4 nitrogen and oxygen atoms in total. The molecule has 1 aliphatic heterocycles. The van der Waals surface area contributed by atoms with Crippen LogP contribution < -0.4 is 0 Å². The number of rotatable bonds is 2. The standard InChI is InChI=1S/C11H17NO3/c1-6-7(2)15-8(3)10(6)11-9(4-13)12-5-14-11/h5-8,10,13H,4H2,1-3H3. The lowest BCUT2D eigenvalue weighted by atomic mass is 9.87. The Morgan fingerprint density at radius 1 is 1.33 bits per heavy atom. The van der Waals surface area contributed by atoms with Crippen molar-refractivity contribution >= 4 is 0 Å². The maximum Gasteiger partial charge on any atom is 0.181 e. The second-order valence-corrected chi connectivity index (χ2v) is 4.25. The third-order valence-electron chi connectivity index (χ3n) is 3.37. The Bertz CT molecular complexity index is 336. The molecule has 15 heavy (non-hydrogen) atoms. The molecule has 0 saturated carbocycles. The summed E-state index contributed by atoms with van der Waals surface area (Å²) in [6.45, 7) is 6.17. The van der Waals surface area contributed by atoms with Crippen molar-refractivity contribution in [1.29, 1.82) is 0 Å². The first-order valence-corrected chi connectivity index (χ1v) is 5.33. The number of aliphatic hydroxyl groups is 1. The highest BCUT2D eigenvalue weighted by atomic mass is 16.5. The van der Waals surface area contributed by atoms with E-state index in [0.717, 1.165) is 5.76 Å². The summed E-state index contributed by atoms with van der Waals surface area (Å²) in [6.07, 6.45) is 1.73. The van der Waals surface area contributed by atoms with Gasteiger partial charge in [0.2, 0.25) is 0 Å². The average molecular weight is 211 g/mol. The molecule has 2 heterocycles. The molecule has 0 aromatic carbocycles. The van der Waals surface area contributed by atoms with E-state index in [-0.39, 0.29) is 24.7 Å². The molecule has 4 atom stereocenters. The first kappa shape index (κ1) is 10.6.